The Morgan fingerprint density at radius 2 is 1.90 bits per heavy atom. The first kappa shape index (κ1) is 14.5. The van der Waals surface area contributed by atoms with Crippen molar-refractivity contribution in [2.24, 2.45) is 0 Å². The van der Waals surface area contributed by atoms with E-state index in [9.17, 15) is 23.3 Å². The first-order chi connectivity index (χ1) is 9.35. The van der Waals surface area contributed by atoms with Gasteiger partial charge in [-0.1, -0.05) is 0 Å². The number of rotatable bonds is 3. The Balaban J connectivity index is 1.92. The van der Waals surface area contributed by atoms with Crippen molar-refractivity contribution in [2.75, 3.05) is 37.6 Å². The van der Waals surface area contributed by atoms with E-state index in [1.165, 1.54) is 17.2 Å². The van der Waals surface area contributed by atoms with Gasteiger partial charge in [0, 0.05) is 32.2 Å². The van der Waals surface area contributed by atoms with Crippen LogP contribution < -0.4 is 4.90 Å². The summed E-state index contributed by atoms with van der Waals surface area (Å²) in [7, 11) is 0. The zero-order valence-electron chi connectivity index (χ0n) is 10.5. The molecule has 0 spiro atoms. The minimum atomic E-state index is -4.18. The van der Waals surface area contributed by atoms with Crippen LogP contribution in [0.25, 0.3) is 0 Å². The number of aromatic nitrogens is 1. The summed E-state index contributed by atoms with van der Waals surface area (Å²) < 4.78 is 36.8. The molecule has 0 unspecified atom stereocenters. The summed E-state index contributed by atoms with van der Waals surface area (Å²) in [5.41, 5.74) is 0.683. The molecule has 2 rings (SSSR count). The summed E-state index contributed by atoms with van der Waals surface area (Å²) in [6.07, 6.45) is -2.81. The SMILES string of the molecule is O=[N+]([O-])c1ccc(N2CCN(CC(F)(F)F)CC2)cn1. The van der Waals surface area contributed by atoms with E-state index in [1.807, 2.05) is 4.90 Å². The van der Waals surface area contributed by atoms with Gasteiger partial charge < -0.3 is 15.0 Å². The van der Waals surface area contributed by atoms with Crippen LogP contribution in [0.5, 0.6) is 0 Å². The van der Waals surface area contributed by atoms with E-state index in [-0.39, 0.29) is 5.82 Å². The standard InChI is InChI=1S/C11H13F3N4O2/c12-11(13,14)8-16-3-5-17(6-4-16)9-1-2-10(15-7-9)18(19)20/h1-2,7H,3-6,8H2. The predicted octanol–water partition coefficient (Wildman–Crippen LogP) is 1.67. The molecule has 1 saturated heterocycles. The highest BCUT2D eigenvalue weighted by atomic mass is 19.4. The smallest absolute Gasteiger partial charge is 0.366 e. The Bertz CT molecular complexity index is 470. The first-order valence-electron chi connectivity index (χ1n) is 6.00. The van der Waals surface area contributed by atoms with Crippen molar-refractivity contribution in [3.8, 4) is 0 Å². The lowest BCUT2D eigenvalue weighted by Crippen LogP contribution is -2.49. The van der Waals surface area contributed by atoms with Crippen LogP contribution in [0.15, 0.2) is 18.3 Å². The third-order valence-corrected chi connectivity index (χ3v) is 3.06. The number of alkyl halides is 3. The van der Waals surface area contributed by atoms with Crippen molar-refractivity contribution in [1.82, 2.24) is 9.88 Å². The second-order valence-corrected chi connectivity index (χ2v) is 4.51. The monoisotopic (exact) mass is 290 g/mol. The van der Waals surface area contributed by atoms with Crippen LogP contribution in [0.2, 0.25) is 0 Å². The second-order valence-electron chi connectivity index (χ2n) is 4.51. The van der Waals surface area contributed by atoms with Crippen molar-refractivity contribution >= 4 is 11.5 Å². The van der Waals surface area contributed by atoms with Crippen molar-refractivity contribution in [3.63, 3.8) is 0 Å². The van der Waals surface area contributed by atoms with Gasteiger partial charge in [-0.15, -0.1) is 0 Å². The Kier molecular flexibility index (Phi) is 4.07. The highest BCUT2D eigenvalue weighted by Gasteiger charge is 2.32. The minimum absolute atomic E-state index is 0.246. The fourth-order valence-corrected chi connectivity index (χ4v) is 2.09. The molecule has 20 heavy (non-hydrogen) atoms. The van der Waals surface area contributed by atoms with E-state index in [0.29, 0.717) is 31.9 Å². The minimum Gasteiger partial charge on any atom is -0.366 e. The molecular weight excluding hydrogens is 277 g/mol. The maximum atomic E-state index is 12.3. The molecule has 6 nitrogen and oxygen atoms in total. The topological polar surface area (TPSA) is 62.5 Å². The quantitative estimate of drug-likeness (QED) is 0.626. The summed E-state index contributed by atoms with van der Waals surface area (Å²) in [5.74, 6) is -0.246. The van der Waals surface area contributed by atoms with E-state index >= 15 is 0 Å². The maximum absolute atomic E-state index is 12.3. The molecule has 0 atom stereocenters. The summed E-state index contributed by atoms with van der Waals surface area (Å²) >= 11 is 0. The highest BCUT2D eigenvalue weighted by Crippen LogP contribution is 2.21. The molecule has 0 aromatic carbocycles. The van der Waals surface area contributed by atoms with Gasteiger partial charge in [0.25, 0.3) is 0 Å². The summed E-state index contributed by atoms with van der Waals surface area (Å²) in [5, 5.41) is 10.5. The molecule has 0 radical (unpaired) electrons. The summed E-state index contributed by atoms with van der Waals surface area (Å²) in [6.45, 7) is 0.581. The van der Waals surface area contributed by atoms with Gasteiger partial charge in [-0.25, -0.2) is 0 Å². The van der Waals surface area contributed by atoms with E-state index in [4.69, 9.17) is 0 Å². The summed E-state index contributed by atoms with van der Waals surface area (Å²) in [4.78, 5) is 16.8. The lowest BCUT2D eigenvalue weighted by atomic mass is 10.2. The Morgan fingerprint density at radius 1 is 1.25 bits per heavy atom. The van der Waals surface area contributed by atoms with Gasteiger partial charge in [-0.3, -0.25) is 4.90 Å². The molecule has 0 amide bonds. The van der Waals surface area contributed by atoms with Crippen molar-refractivity contribution < 1.29 is 18.1 Å². The normalized spacial score (nSPS) is 17.2. The van der Waals surface area contributed by atoms with Crippen LogP contribution in [0, 0.1) is 10.1 Å². The van der Waals surface area contributed by atoms with Gasteiger partial charge in [0.05, 0.1) is 12.2 Å². The van der Waals surface area contributed by atoms with Gasteiger partial charge >= 0.3 is 12.0 Å². The average molecular weight is 290 g/mol. The number of hydrogen-bond donors (Lipinski definition) is 0. The van der Waals surface area contributed by atoms with Gasteiger partial charge in [0.2, 0.25) is 0 Å². The molecule has 2 heterocycles. The largest absolute Gasteiger partial charge is 0.401 e. The molecule has 1 aromatic heterocycles. The molecule has 0 bridgehead atoms. The van der Waals surface area contributed by atoms with Crippen LogP contribution >= 0.6 is 0 Å². The molecular formula is C11H13F3N4O2. The molecule has 0 saturated carbocycles. The van der Waals surface area contributed by atoms with Crippen molar-refractivity contribution in [1.29, 1.82) is 0 Å². The van der Waals surface area contributed by atoms with Crippen LogP contribution in [-0.4, -0.2) is 53.7 Å². The third kappa shape index (κ3) is 3.80. The van der Waals surface area contributed by atoms with E-state index < -0.39 is 17.6 Å². The zero-order chi connectivity index (χ0) is 14.8. The fraction of sp³-hybridized carbons (Fsp3) is 0.545. The first-order valence-corrected chi connectivity index (χ1v) is 6.00. The molecule has 1 aromatic rings. The predicted molar refractivity (Wildman–Crippen MR) is 65.6 cm³/mol. The fourth-order valence-electron chi connectivity index (χ4n) is 2.09. The molecule has 0 N–H and O–H groups in total. The second kappa shape index (κ2) is 5.61. The van der Waals surface area contributed by atoms with Gasteiger partial charge in [-0.05, 0) is 16.0 Å². The Hall–Kier alpha value is -1.90. The molecule has 9 heteroatoms. The molecule has 1 fully saturated rings. The van der Waals surface area contributed by atoms with Crippen LogP contribution in [0.4, 0.5) is 24.7 Å². The van der Waals surface area contributed by atoms with Crippen molar-refractivity contribution in [3.05, 3.63) is 28.4 Å². The molecule has 1 aliphatic rings. The number of hydrogen-bond acceptors (Lipinski definition) is 5. The Morgan fingerprint density at radius 3 is 2.35 bits per heavy atom. The molecule has 0 aliphatic carbocycles. The van der Waals surface area contributed by atoms with E-state index in [0.717, 1.165) is 0 Å². The summed E-state index contributed by atoms with van der Waals surface area (Å²) in [6, 6.07) is 2.85. The number of piperazine rings is 1. The number of anilines is 1. The lowest BCUT2D eigenvalue weighted by molar-refractivity contribution is -0.389. The van der Waals surface area contributed by atoms with Gasteiger partial charge in [-0.2, -0.15) is 13.2 Å². The average Bonchev–Trinajstić information content (AvgIpc) is 2.38. The molecule has 110 valence electrons. The number of pyridine rings is 1. The maximum Gasteiger partial charge on any atom is 0.401 e. The number of nitrogens with zero attached hydrogens (tertiary/aromatic N) is 4. The van der Waals surface area contributed by atoms with Gasteiger partial charge in [0.15, 0.2) is 6.20 Å². The van der Waals surface area contributed by atoms with Crippen molar-refractivity contribution in [2.45, 2.75) is 6.18 Å². The van der Waals surface area contributed by atoms with E-state index in [2.05, 4.69) is 4.98 Å². The van der Waals surface area contributed by atoms with Crippen LogP contribution in [0.3, 0.4) is 0 Å². The van der Waals surface area contributed by atoms with Crippen LogP contribution in [-0.2, 0) is 0 Å². The number of halogens is 3. The Labute approximate surface area is 113 Å². The zero-order valence-corrected chi connectivity index (χ0v) is 10.5. The highest BCUT2D eigenvalue weighted by molar-refractivity contribution is 5.46. The van der Waals surface area contributed by atoms with E-state index in [1.54, 1.807) is 6.07 Å². The number of nitro groups is 1. The third-order valence-electron chi connectivity index (χ3n) is 3.06. The molecule has 1 aliphatic heterocycles. The van der Waals surface area contributed by atoms with Gasteiger partial charge in [0.1, 0.15) is 0 Å². The van der Waals surface area contributed by atoms with Crippen LogP contribution in [0.1, 0.15) is 0 Å². The lowest BCUT2D eigenvalue weighted by Gasteiger charge is -2.35.